The second kappa shape index (κ2) is 8.92. The first-order valence-electron chi connectivity index (χ1n) is 9.19. The van der Waals surface area contributed by atoms with Crippen molar-refractivity contribution in [3.05, 3.63) is 54.8 Å². The predicted octanol–water partition coefficient (Wildman–Crippen LogP) is 4.34. The van der Waals surface area contributed by atoms with Gasteiger partial charge in [-0.25, -0.2) is 13.2 Å². The van der Waals surface area contributed by atoms with Gasteiger partial charge in [-0.3, -0.25) is 0 Å². The molecule has 0 aliphatic carbocycles. The number of anilines is 2. The molecule has 0 saturated heterocycles. The maximum Gasteiger partial charge on any atom is 0.331 e. The summed E-state index contributed by atoms with van der Waals surface area (Å²) in [5.74, 6) is -0.774. The van der Waals surface area contributed by atoms with Crippen molar-refractivity contribution in [1.29, 1.82) is 0 Å². The number of sulfone groups is 1. The fourth-order valence-corrected chi connectivity index (χ4v) is 5.77. The van der Waals surface area contributed by atoms with E-state index in [0.717, 1.165) is 29.3 Å². The average Bonchev–Trinajstić information content (AvgIpc) is 2.81. The van der Waals surface area contributed by atoms with E-state index in [1.807, 2.05) is 54.5 Å². The zero-order valence-electron chi connectivity index (χ0n) is 16.2. The van der Waals surface area contributed by atoms with Crippen LogP contribution in [0.3, 0.4) is 0 Å². The number of benzene rings is 2. The molecule has 1 aliphatic rings. The highest BCUT2D eigenvalue weighted by Crippen LogP contribution is 2.43. The topological polar surface area (TPSA) is 83.9 Å². The molecule has 0 fully saturated rings. The van der Waals surface area contributed by atoms with Crippen molar-refractivity contribution in [3.8, 4) is 5.75 Å². The number of aliphatic carboxylic acids is 1. The van der Waals surface area contributed by atoms with Crippen LogP contribution >= 0.6 is 11.8 Å². The SMILES string of the molecule is CCC1CN(c2ccccc2)c2cc(SC)c(O/C=C/C(=O)O)cc2S(=O)(=O)C1. The third kappa shape index (κ3) is 4.76. The maximum atomic E-state index is 13.2. The maximum absolute atomic E-state index is 13.2. The van der Waals surface area contributed by atoms with Gasteiger partial charge in [0.2, 0.25) is 0 Å². The monoisotopic (exact) mass is 433 g/mol. The van der Waals surface area contributed by atoms with Gasteiger partial charge in [-0.1, -0.05) is 31.5 Å². The van der Waals surface area contributed by atoms with Crippen LogP contribution in [0.15, 0.2) is 64.6 Å². The first-order chi connectivity index (χ1) is 13.9. The van der Waals surface area contributed by atoms with Crippen LogP contribution in [0.25, 0.3) is 0 Å². The van der Waals surface area contributed by atoms with Crippen LogP contribution in [0.5, 0.6) is 5.75 Å². The smallest absolute Gasteiger partial charge is 0.331 e. The number of hydrogen-bond donors (Lipinski definition) is 1. The van der Waals surface area contributed by atoms with Crippen LogP contribution < -0.4 is 9.64 Å². The summed E-state index contributed by atoms with van der Waals surface area (Å²) in [4.78, 5) is 13.7. The van der Waals surface area contributed by atoms with Crippen molar-refractivity contribution in [3.63, 3.8) is 0 Å². The van der Waals surface area contributed by atoms with E-state index in [1.54, 1.807) is 0 Å². The Bertz CT molecular complexity index is 1020. The van der Waals surface area contributed by atoms with Crippen LogP contribution in [0, 0.1) is 5.92 Å². The van der Waals surface area contributed by atoms with Gasteiger partial charge >= 0.3 is 5.97 Å². The van der Waals surface area contributed by atoms with Gasteiger partial charge in [0.05, 0.1) is 33.6 Å². The Labute approximate surface area is 175 Å². The standard InChI is InChI=1S/C21H23NO5S2/c1-3-15-13-22(16-7-5-4-6-8-16)17-11-19(28-2)18(27-10-9-21(23)24)12-20(17)29(25,26)14-15/h4-12,15H,3,13-14H2,1-2H3,(H,23,24)/b10-9+. The van der Waals surface area contributed by atoms with Crippen molar-refractivity contribution >= 4 is 38.9 Å². The molecule has 0 amide bonds. The Morgan fingerprint density at radius 2 is 2.03 bits per heavy atom. The van der Waals surface area contributed by atoms with Crippen LogP contribution in [0.1, 0.15) is 13.3 Å². The molecule has 0 radical (unpaired) electrons. The molecule has 0 saturated carbocycles. The molecule has 6 nitrogen and oxygen atoms in total. The number of fused-ring (bicyclic) bond motifs is 1. The number of ether oxygens (including phenoxy) is 1. The Hall–Kier alpha value is -2.45. The average molecular weight is 434 g/mol. The predicted molar refractivity (Wildman–Crippen MR) is 115 cm³/mol. The minimum Gasteiger partial charge on any atom is -0.478 e. The summed E-state index contributed by atoms with van der Waals surface area (Å²) in [6.45, 7) is 2.59. The van der Waals surface area contributed by atoms with Gasteiger partial charge in [0.25, 0.3) is 0 Å². The zero-order chi connectivity index (χ0) is 21.0. The van der Waals surface area contributed by atoms with Gasteiger partial charge in [0.1, 0.15) is 5.75 Å². The fourth-order valence-electron chi connectivity index (χ4n) is 3.32. The lowest BCUT2D eigenvalue weighted by molar-refractivity contribution is -0.131. The van der Waals surface area contributed by atoms with Gasteiger partial charge in [-0.05, 0) is 30.4 Å². The molecule has 1 unspecified atom stereocenters. The third-order valence-corrected chi connectivity index (χ3v) is 7.48. The molecule has 0 aromatic heterocycles. The lowest BCUT2D eigenvalue weighted by atomic mass is 10.1. The summed E-state index contributed by atoms with van der Waals surface area (Å²) in [6.07, 6.45) is 4.53. The van der Waals surface area contributed by atoms with E-state index in [1.165, 1.54) is 17.8 Å². The summed E-state index contributed by atoms with van der Waals surface area (Å²) < 4.78 is 31.8. The van der Waals surface area contributed by atoms with Crippen LogP contribution in [-0.4, -0.2) is 38.0 Å². The highest BCUT2D eigenvalue weighted by Gasteiger charge is 2.33. The van der Waals surface area contributed by atoms with Gasteiger partial charge in [0, 0.05) is 18.3 Å². The Morgan fingerprint density at radius 3 is 2.66 bits per heavy atom. The zero-order valence-corrected chi connectivity index (χ0v) is 17.9. The van der Waals surface area contributed by atoms with E-state index in [-0.39, 0.29) is 16.6 Å². The van der Waals surface area contributed by atoms with Crippen molar-refractivity contribution in [2.24, 2.45) is 5.92 Å². The van der Waals surface area contributed by atoms with Gasteiger partial charge in [-0.15, -0.1) is 11.8 Å². The molecule has 2 aromatic carbocycles. The number of thioether (sulfide) groups is 1. The Balaban J connectivity index is 2.18. The van der Waals surface area contributed by atoms with Gasteiger partial charge in [-0.2, -0.15) is 0 Å². The quantitative estimate of drug-likeness (QED) is 0.412. The molecule has 3 rings (SSSR count). The Morgan fingerprint density at radius 1 is 1.31 bits per heavy atom. The number of nitrogens with zero attached hydrogens (tertiary/aromatic N) is 1. The molecule has 1 atom stereocenters. The third-order valence-electron chi connectivity index (χ3n) is 4.82. The number of carbonyl (C=O) groups is 1. The molecule has 2 aromatic rings. The number of rotatable bonds is 6. The fraction of sp³-hybridized carbons (Fsp3) is 0.286. The first kappa shape index (κ1) is 21.3. The molecule has 1 N–H and O–H groups in total. The number of para-hydroxylation sites is 1. The summed E-state index contributed by atoms with van der Waals surface area (Å²) >= 11 is 1.41. The Kier molecular flexibility index (Phi) is 6.54. The molecule has 0 spiro atoms. The summed E-state index contributed by atoms with van der Waals surface area (Å²) in [7, 11) is -3.54. The van der Waals surface area contributed by atoms with E-state index < -0.39 is 15.8 Å². The van der Waals surface area contributed by atoms with Gasteiger partial charge in [0.15, 0.2) is 9.84 Å². The number of carboxylic acid groups (broad SMARTS) is 1. The lowest BCUT2D eigenvalue weighted by Gasteiger charge is -2.27. The van der Waals surface area contributed by atoms with E-state index in [4.69, 9.17) is 9.84 Å². The highest BCUT2D eigenvalue weighted by atomic mass is 32.2. The van der Waals surface area contributed by atoms with Crippen molar-refractivity contribution in [1.82, 2.24) is 0 Å². The van der Waals surface area contributed by atoms with Crippen LogP contribution in [-0.2, 0) is 14.6 Å². The summed E-state index contributed by atoms with van der Waals surface area (Å²) in [5, 5.41) is 8.77. The van der Waals surface area contributed by atoms with Gasteiger partial charge < -0.3 is 14.7 Å². The second-order valence-corrected chi connectivity index (χ2v) is 9.58. The molecular formula is C21H23NO5S2. The molecular weight excluding hydrogens is 410 g/mol. The van der Waals surface area contributed by atoms with Crippen LogP contribution in [0.4, 0.5) is 11.4 Å². The minimum atomic E-state index is -3.54. The highest BCUT2D eigenvalue weighted by molar-refractivity contribution is 7.98. The first-order valence-corrected chi connectivity index (χ1v) is 12.1. The number of carboxylic acids is 1. The van der Waals surface area contributed by atoms with E-state index in [2.05, 4.69) is 0 Å². The second-order valence-electron chi connectivity index (χ2n) is 6.73. The van der Waals surface area contributed by atoms with Crippen molar-refractivity contribution < 1.29 is 23.1 Å². The normalized spacial score (nSPS) is 18.3. The molecule has 8 heteroatoms. The molecule has 1 aliphatic heterocycles. The summed E-state index contributed by atoms with van der Waals surface area (Å²) in [5.41, 5.74) is 1.54. The van der Waals surface area contributed by atoms with Crippen LogP contribution in [0.2, 0.25) is 0 Å². The molecule has 154 valence electrons. The number of hydrogen-bond acceptors (Lipinski definition) is 6. The van der Waals surface area contributed by atoms with E-state index >= 15 is 0 Å². The van der Waals surface area contributed by atoms with Crippen molar-refractivity contribution in [2.75, 3.05) is 23.5 Å². The summed E-state index contributed by atoms with van der Waals surface area (Å²) in [6, 6.07) is 13.0. The molecule has 0 bridgehead atoms. The van der Waals surface area contributed by atoms with E-state index in [0.29, 0.717) is 18.0 Å². The molecule has 29 heavy (non-hydrogen) atoms. The minimum absolute atomic E-state index is 0.0124. The lowest BCUT2D eigenvalue weighted by Crippen LogP contribution is -2.25. The van der Waals surface area contributed by atoms with E-state index in [9.17, 15) is 13.2 Å². The largest absolute Gasteiger partial charge is 0.478 e. The van der Waals surface area contributed by atoms with Crippen molar-refractivity contribution in [2.45, 2.75) is 23.1 Å². The molecule has 1 heterocycles.